The first-order valence-corrected chi connectivity index (χ1v) is 7.54. The van der Waals surface area contributed by atoms with Crippen LogP contribution in [0.2, 0.25) is 0 Å². The molecule has 2 aromatic rings. The Balaban J connectivity index is 1.40. The molecule has 21 heavy (non-hydrogen) atoms. The van der Waals surface area contributed by atoms with Crippen LogP contribution in [0.3, 0.4) is 0 Å². The zero-order valence-corrected chi connectivity index (χ0v) is 11.8. The fourth-order valence-electron chi connectivity index (χ4n) is 3.19. The van der Waals surface area contributed by atoms with E-state index in [1.165, 1.54) is 25.6 Å². The molecule has 7 nitrogen and oxygen atoms in total. The van der Waals surface area contributed by atoms with Gasteiger partial charge in [-0.25, -0.2) is 9.97 Å². The van der Waals surface area contributed by atoms with E-state index >= 15 is 0 Å². The van der Waals surface area contributed by atoms with Gasteiger partial charge < -0.3 is 14.8 Å². The molecule has 4 rings (SSSR count). The number of rotatable bonds is 3. The van der Waals surface area contributed by atoms with Crippen LogP contribution < -0.4 is 5.32 Å². The molecule has 0 amide bonds. The van der Waals surface area contributed by atoms with Gasteiger partial charge in [-0.1, -0.05) is 6.42 Å². The highest BCUT2D eigenvalue weighted by Gasteiger charge is 2.42. The van der Waals surface area contributed by atoms with Crippen LogP contribution in [0.4, 0.5) is 5.82 Å². The Bertz CT molecular complexity index is 623. The summed E-state index contributed by atoms with van der Waals surface area (Å²) in [5.41, 5.74) is 0.736. The molecule has 3 heterocycles. The number of anilines is 1. The van der Waals surface area contributed by atoms with Gasteiger partial charge in [0, 0.05) is 19.4 Å². The summed E-state index contributed by atoms with van der Waals surface area (Å²) in [7, 11) is 0. The number of ether oxygens (including phenoxy) is 2. The number of aromatic amines is 1. The van der Waals surface area contributed by atoms with E-state index in [1.807, 2.05) is 0 Å². The van der Waals surface area contributed by atoms with Crippen molar-refractivity contribution in [2.45, 2.75) is 44.0 Å². The number of hydrogen-bond acceptors (Lipinski definition) is 6. The van der Waals surface area contributed by atoms with Gasteiger partial charge in [0.25, 0.3) is 0 Å². The Morgan fingerprint density at radius 1 is 1.29 bits per heavy atom. The summed E-state index contributed by atoms with van der Waals surface area (Å²) in [5, 5.41) is 11.0. The molecule has 112 valence electrons. The molecule has 0 aromatic carbocycles. The summed E-state index contributed by atoms with van der Waals surface area (Å²) in [6.07, 6.45) is 9.04. The maximum Gasteiger partial charge on any atom is 0.168 e. The van der Waals surface area contributed by atoms with E-state index in [2.05, 4.69) is 25.5 Å². The topological polar surface area (TPSA) is 85.0 Å². The van der Waals surface area contributed by atoms with Crippen molar-refractivity contribution in [3.05, 3.63) is 12.5 Å². The first-order chi connectivity index (χ1) is 10.3. The number of hydrogen-bond donors (Lipinski definition) is 2. The molecule has 0 radical (unpaired) electrons. The molecule has 1 aliphatic heterocycles. The van der Waals surface area contributed by atoms with Crippen LogP contribution in [0.25, 0.3) is 11.0 Å². The molecule has 1 atom stereocenters. The normalized spacial score (nSPS) is 24.7. The Hall–Kier alpha value is -1.73. The monoisotopic (exact) mass is 289 g/mol. The lowest BCUT2D eigenvalue weighted by Gasteiger charge is -2.31. The van der Waals surface area contributed by atoms with Gasteiger partial charge >= 0.3 is 0 Å². The molecule has 7 heteroatoms. The van der Waals surface area contributed by atoms with Crippen molar-refractivity contribution < 1.29 is 9.47 Å². The first kappa shape index (κ1) is 13.0. The van der Waals surface area contributed by atoms with Crippen molar-refractivity contribution >= 4 is 16.9 Å². The predicted molar refractivity (Wildman–Crippen MR) is 76.8 cm³/mol. The minimum atomic E-state index is -0.318. The summed E-state index contributed by atoms with van der Waals surface area (Å²) in [5.74, 6) is 0.461. The average molecular weight is 289 g/mol. The van der Waals surface area contributed by atoms with Gasteiger partial charge in [0.05, 0.1) is 18.2 Å². The van der Waals surface area contributed by atoms with E-state index in [9.17, 15) is 0 Å². The van der Waals surface area contributed by atoms with E-state index in [1.54, 1.807) is 6.20 Å². The van der Waals surface area contributed by atoms with E-state index in [0.29, 0.717) is 13.2 Å². The number of nitrogens with zero attached hydrogens (tertiary/aromatic N) is 3. The van der Waals surface area contributed by atoms with Crippen LogP contribution in [0.15, 0.2) is 12.5 Å². The van der Waals surface area contributed by atoms with Gasteiger partial charge in [-0.05, 0) is 12.8 Å². The molecule has 1 saturated carbocycles. The Labute approximate surface area is 122 Å². The van der Waals surface area contributed by atoms with Crippen LogP contribution in [-0.2, 0) is 9.47 Å². The Kier molecular flexibility index (Phi) is 3.23. The molecule has 1 spiro atoms. The van der Waals surface area contributed by atoms with Crippen LogP contribution in [0.1, 0.15) is 32.1 Å². The van der Waals surface area contributed by atoms with Crippen molar-refractivity contribution in [2.75, 3.05) is 18.5 Å². The molecular formula is C14H19N5O2. The Morgan fingerprint density at radius 2 is 2.19 bits per heavy atom. The third-order valence-electron chi connectivity index (χ3n) is 4.27. The van der Waals surface area contributed by atoms with Crippen molar-refractivity contribution in [2.24, 2.45) is 0 Å². The number of fused-ring (bicyclic) bond motifs is 1. The summed E-state index contributed by atoms with van der Waals surface area (Å²) >= 11 is 0. The van der Waals surface area contributed by atoms with Crippen molar-refractivity contribution in [3.63, 3.8) is 0 Å². The lowest BCUT2D eigenvalue weighted by atomic mass is 9.94. The van der Waals surface area contributed by atoms with Gasteiger partial charge in [0.1, 0.15) is 18.2 Å². The minimum absolute atomic E-state index is 0.0695. The molecule has 1 saturated heterocycles. The van der Waals surface area contributed by atoms with E-state index in [-0.39, 0.29) is 11.9 Å². The van der Waals surface area contributed by atoms with Gasteiger partial charge in [0.2, 0.25) is 0 Å². The van der Waals surface area contributed by atoms with Crippen molar-refractivity contribution in [1.29, 1.82) is 0 Å². The lowest BCUT2D eigenvalue weighted by Crippen LogP contribution is -2.34. The van der Waals surface area contributed by atoms with Gasteiger partial charge in [-0.15, -0.1) is 0 Å². The second kappa shape index (κ2) is 5.23. The standard InChI is InChI=1S/C14H19N5O2/c1-2-4-14(5-3-1)20-8-10(21-14)6-15-12-11-7-18-19-13(11)17-9-16-12/h7,9-10H,1-6,8H2,(H2,15,16,17,18,19). The largest absolute Gasteiger partial charge is 0.367 e. The van der Waals surface area contributed by atoms with Crippen LogP contribution in [0.5, 0.6) is 0 Å². The highest BCUT2D eigenvalue weighted by atomic mass is 16.7. The SMILES string of the molecule is c1nc(NCC2COC3(CCCCC3)O2)c2cn[nH]c2n1. The average Bonchev–Trinajstić information content (AvgIpc) is 3.13. The van der Waals surface area contributed by atoms with Crippen molar-refractivity contribution in [3.8, 4) is 0 Å². The molecule has 1 unspecified atom stereocenters. The Morgan fingerprint density at radius 3 is 3.10 bits per heavy atom. The maximum absolute atomic E-state index is 6.15. The lowest BCUT2D eigenvalue weighted by molar-refractivity contribution is -0.185. The molecule has 2 aromatic heterocycles. The fourth-order valence-corrected chi connectivity index (χ4v) is 3.19. The zero-order chi connectivity index (χ0) is 14.1. The summed E-state index contributed by atoms with van der Waals surface area (Å²) in [6.45, 7) is 1.33. The predicted octanol–water partition coefficient (Wildman–Crippen LogP) is 1.84. The van der Waals surface area contributed by atoms with Gasteiger partial charge in [0.15, 0.2) is 11.4 Å². The number of nitrogens with one attached hydrogen (secondary N) is 2. The summed E-state index contributed by atoms with van der Waals surface area (Å²) < 4.78 is 12.1. The zero-order valence-electron chi connectivity index (χ0n) is 11.8. The number of aromatic nitrogens is 4. The summed E-state index contributed by atoms with van der Waals surface area (Å²) in [4.78, 5) is 8.39. The molecule has 0 bridgehead atoms. The molecular weight excluding hydrogens is 270 g/mol. The van der Waals surface area contributed by atoms with Crippen molar-refractivity contribution in [1.82, 2.24) is 20.2 Å². The van der Waals surface area contributed by atoms with Crippen LogP contribution in [0, 0.1) is 0 Å². The third kappa shape index (κ3) is 2.47. The highest BCUT2D eigenvalue weighted by Crippen LogP contribution is 2.37. The first-order valence-electron chi connectivity index (χ1n) is 7.54. The van der Waals surface area contributed by atoms with E-state index in [4.69, 9.17) is 9.47 Å². The highest BCUT2D eigenvalue weighted by molar-refractivity contribution is 5.85. The quantitative estimate of drug-likeness (QED) is 0.897. The minimum Gasteiger partial charge on any atom is -0.367 e. The second-order valence-electron chi connectivity index (χ2n) is 5.76. The summed E-state index contributed by atoms with van der Waals surface area (Å²) in [6, 6.07) is 0. The number of H-pyrrole nitrogens is 1. The molecule has 2 fully saturated rings. The fraction of sp³-hybridized carbons (Fsp3) is 0.643. The third-order valence-corrected chi connectivity index (χ3v) is 4.27. The van der Waals surface area contributed by atoms with Gasteiger partial charge in [-0.3, -0.25) is 5.10 Å². The molecule has 1 aliphatic carbocycles. The molecule has 2 N–H and O–H groups in total. The van der Waals surface area contributed by atoms with Gasteiger partial charge in [-0.2, -0.15) is 5.10 Å². The van der Waals surface area contributed by atoms with E-state index in [0.717, 1.165) is 29.7 Å². The van der Waals surface area contributed by atoms with Crippen LogP contribution in [-0.4, -0.2) is 45.2 Å². The maximum atomic E-state index is 6.15. The second-order valence-corrected chi connectivity index (χ2v) is 5.76. The van der Waals surface area contributed by atoms with Crippen LogP contribution >= 0.6 is 0 Å². The molecule has 2 aliphatic rings. The smallest absolute Gasteiger partial charge is 0.168 e. The van der Waals surface area contributed by atoms with E-state index < -0.39 is 0 Å².